The van der Waals surface area contributed by atoms with Gasteiger partial charge in [-0.2, -0.15) is 0 Å². The van der Waals surface area contributed by atoms with Crippen LogP contribution in [0.15, 0.2) is 35.1 Å². The lowest BCUT2D eigenvalue weighted by molar-refractivity contribution is 0.557. The van der Waals surface area contributed by atoms with Gasteiger partial charge in [0.25, 0.3) is 0 Å². The van der Waals surface area contributed by atoms with Gasteiger partial charge in [-0.15, -0.1) is 0 Å². The Morgan fingerprint density at radius 1 is 1.25 bits per heavy atom. The van der Waals surface area contributed by atoms with E-state index in [0.29, 0.717) is 6.04 Å². The molecule has 1 aromatic heterocycles. The van der Waals surface area contributed by atoms with Crippen LogP contribution in [0.25, 0.3) is 11.3 Å². The highest BCUT2D eigenvalue weighted by molar-refractivity contribution is 5.65. The van der Waals surface area contributed by atoms with Crippen molar-refractivity contribution in [3.8, 4) is 11.3 Å². The molecule has 1 fully saturated rings. The average molecular weight is 270 g/mol. The summed E-state index contributed by atoms with van der Waals surface area (Å²) >= 11 is 0. The first-order chi connectivity index (χ1) is 9.55. The summed E-state index contributed by atoms with van der Waals surface area (Å²) in [6.07, 6.45) is 4.12. The molecule has 0 bridgehead atoms. The molecule has 0 spiro atoms. The standard InChI is InChI=1S/C17H22N2O/c1-17(2,3)14-7-5-4-6-13(14)16-15(19-11-20-16)10-18-12-8-9-12/h4-7,11-12,18H,8-10H2,1-3H3. The van der Waals surface area contributed by atoms with Crippen molar-refractivity contribution in [1.82, 2.24) is 10.3 Å². The van der Waals surface area contributed by atoms with Gasteiger partial charge in [-0.25, -0.2) is 4.98 Å². The lowest BCUT2D eigenvalue weighted by Gasteiger charge is -2.22. The summed E-state index contributed by atoms with van der Waals surface area (Å²) in [5.41, 5.74) is 3.55. The normalized spacial score (nSPS) is 15.6. The zero-order valence-electron chi connectivity index (χ0n) is 12.4. The quantitative estimate of drug-likeness (QED) is 0.916. The Morgan fingerprint density at radius 3 is 2.70 bits per heavy atom. The molecule has 0 atom stereocenters. The van der Waals surface area contributed by atoms with Crippen LogP contribution < -0.4 is 5.32 Å². The third kappa shape index (κ3) is 2.78. The predicted molar refractivity (Wildman–Crippen MR) is 80.5 cm³/mol. The number of nitrogens with one attached hydrogen (secondary N) is 1. The summed E-state index contributed by atoms with van der Waals surface area (Å²) < 4.78 is 5.69. The van der Waals surface area contributed by atoms with Crippen molar-refractivity contribution in [2.75, 3.05) is 0 Å². The molecule has 106 valence electrons. The highest BCUT2D eigenvalue weighted by atomic mass is 16.3. The van der Waals surface area contributed by atoms with Crippen molar-refractivity contribution in [2.45, 2.75) is 51.6 Å². The summed E-state index contributed by atoms with van der Waals surface area (Å²) in [7, 11) is 0. The molecule has 1 aliphatic carbocycles. The van der Waals surface area contributed by atoms with Crippen molar-refractivity contribution in [3.63, 3.8) is 0 Å². The monoisotopic (exact) mass is 270 g/mol. The maximum atomic E-state index is 5.69. The number of aromatic nitrogens is 1. The van der Waals surface area contributed by atoms with Gasteiger partial charge in [0.05, 0.1) is 0 Å². The second-order valence-electron chi connectivity index (χ2n) is 6.58. The third-order valence-electron chi connectivity index (χ3n) is 3.76. The van der Waals surface area contributed by atoms with Crippen molar-refractivity contribution in [1.29, 1.82) is 0 Å². The molecule has 0 saturated heterocycles. The summed E-state index contributed by atoms with van der Waals surface area (Å²) in [6.45, 7) is 7.47. The molecule has 2 aromatic rings. The van der Waals surface area contributed by atoms with Crippen LogP contribution in [0.5, 0.6) is 0 Å². The largest absolute Gasteiger partial charge is 0.443 e. The molecule has 1 N–H and O–H groups in total. The lowest BCUT2D eigenvalue weighted by Crippen LogP contribution is -2.17. The number of nitrogens with zero attached hydrogens (tertiary/aromatic N) is 1. The van der Waals surface area contributed by atoms with Gasteiger partial charge in [-0.1, -0.05) is 45.0 Å². The van der Waals surface area contributed by atoms with Gasteiger partial charge in [-0.3, -0.25) is 0 Å². The Balaban J connectivity index is 1.94. The highest BCUT2D eigenvalue weighted by Crippen LogP contribution is 2.34. The van der Waals surface area contributed by atoms with Crippen molar-refractivity contribution >= 4 is 0 Å². The van der Waals surface area contributed by atoms with Gasteiger partial charge >= 0.3 is 0 Å². The number of hydrogen-bond donors (Lipinski definition) is 1. The van der Waals surface area contributed by atoms with E-state index in [2.05, 4.69) is 55.3 Å². The Bertz CT molecular complexity index is 591. The Kier molecular flexibility index (Phi) is 3.38. The number of rotatable bonds is 4. The van der Waals surface area contributed by atoms with Gasteiger partial charge in [0, 0.05) is 18.2 Å². The minimum Gasteiger partial charge on any atom is -0.443 e. The van der Waals surface area contributed by atoms with Gasteiger partial charge < -0.3 is 9.73 Å². The van der Waals surface area contributed by atoms with Crippen molar-refractivity contribution in [2.24, 2.45) is 0 Å². The van der Waals surface area contributed by atoms with E-state index < -0.39 is 0 Å². The third-order valence-corrected chi connectivity index (χ3v) is 3.76. The molecule has 1 heterocycles. The first-order valence-corrected chi connectivity index (χ1v) is 7.31. The fourth-order valence-corrected chi connectivity index (χ4v) is 2.48. The van der Waals surface area contributed by atoms with E-state index in [4.69, 9.17) is 4.42 Å². The molecule has 1 saturated carbocycles. The first kappa shape index (κ1) is 13.4. The fourth-order valence-electron chi connectivity index (χ4n) is 2.48. The molecule has 1 aromatic carbocycles. The van der Waals surface area contributed by atoms with E-state index >= 15 is 0 Å². The van der Waals surface area contributed by atoms with Crippen LogP contribution in [0.1, 0.15) is 44.9 Å². The highest BCUT2D eigenvalue weighted by Gasteiger charge is 2.24. The van der Waals surface area contributed by atoms with E-state index in [1.165, 1.54) is 18.4 Å². The van der Waals surface area contributed by atoms with Gasteiger partial charge in [-0.05, 0) is 23.8 Å². The summed E-state index contributed by atoms with van der Waals surface area (Å²) in [4.78, 5) is 4.39. The smallest absolute Gasteiger partial charge is 0.181 e. The molecule has 0 amide bonds. The number of hydrogen-bond acceptors (Lipinski definition) is 3. The second kappa shape index (κ2) is 5.06. The molecule has 0 aliphatic heterocycles. The van der Waals surface area contributed by atoms with Crippen LogP contribution in [0, 0.1) is 0 Å². The summed E-state index contributed by atoms with van der Waals surface area (Å²) in [5.74, 6) is 0.906. The van der Waals surface area contributed by atoms with Gasteiger partial charge in [0.15, 0.2) is 12.2 Å². The minimum atomic E-state index is 0.0879. The zero-order chi connectivity index (χ0) is 14.2. The molecule has 3 nitrogen and oxygen atoms in total. The van der Waals surface area contributed by atoms with Gasteiger partial charge in [0.2, 0.25) is 0 Å². The number of oxazole rings is 1. The lowest BCUT2D eigenvalue weighted by atomic mass is 9.83. The minimum absolute atomic E-state index is 0.0879. The van der Waals surface area contributed by atoms with Crippen molar-refractivity contribution < 1.29 is 4.42 Å². The SMILES string of the molecule is CC(C)(C)c1ccccc1-c1ocnc1CNC1CC1. The average Bonchev–Trinajstić information content (AvgIpc) is 3.12. The van der Waals surface area contributed by atoms with Crippen LogP contribution in [-0.4, -0.2) is 11.0 Å². The van der Waals surface area contributed by atoms with Crippen LogP contribution in [-0.2, 0) is 12.0 Å². The molecule has 0 radical (unpaired) electrons. The molecule has 20 heavy (non-hydrogen) atoms. The molecular weight excluding hydrogens is 248 g/mol. The van der Waals surface area contributed by atoms with Crippen molar-refractivity contribution in [3.05, 3.63) is 41.9 Å². The summed E-state index contributed by atoms with van der Waals surface area (Å²) in [6, 6.07) is 9.13. The van der Waals surface area contributed by atoms with E-state index in [-0.39, 0.29) is 5.41 Å². The summed E-state index contributed by atoms with van der Waals surface area (Å²) in [5, 5.41) is 3.50. The molecule has 3 rings (SSSR count). The first-order valence-electron chi connectivity index (χ1n) is 7.31. The Labute approximate surface area is 120 Å². The van der Waals surface area contributed by atoms with Crippen LogP contribution in [0.2, 0.25) is 0 Å². The van der Waals surface area contributed by atoms with Crippen LogP contribution >= 0.6 is 0 Å². The Hall–Kier alpha value is -1.61. The van der Waals surface area contributed by atoms with E-state index in [0.717, 1.165) is 23.6 Å². The number of benzene rings is 1. The molecular formula is C17H22N2O. The van der Waals surface area contributed by atoms with Crippen LogP contribution in [0.4, 0.5) is 0 Å². The van der Waals surface area contributed by atoms with Gasteiger partial charge in [0.1, 0.15) is 5.69 Å². The van der Waals surface area contributed by atoms with Crippen LogP contribution in [0.3, 0.4) is 0 Å². The fraction of sp³-hybridized carbons (Fsp3) is 0.471. The van der Waals surface area contributed by atoms with E-state index in [9.17, 15) is 0 Å². The predicted octanol–water partition coefficient (Wildman–Crippen LogP) is 3.89. The molecule has 0 unspecified atom stereocenters. The molecule has 1 aliphatic rings. The topological polar surface area (TPSA) is 38.1 Å². The Morgan fingerprint density at radius 2 is 2.00 bits per heavy atom. The zero-order valence-corrected chi connectivity index (χ0v) is 12.4. The van der Waals surface area contributed by atoms with E-state index in [1.807, 2.05) is 0 Å². The maximum absolute atomic E-state index is 5.69. The molecule has 3 heteroatoms. The maximum Gasteiger partial charge on any atom is 0.181 e. The van der Waals surface area contributed by atoms with E-state index in [1.54, 1.807) is 6.39 Å². The second-order valence-corrected chi connectivity index (χ2v) is 6.58.